The Labute approximate surface area is 98.4 Å². The van der Waals surface area contributed by atoms with Crippen LogP contribution in [-0.4, -0.2) is 45.7 Å². The van der Waals surface area contributed by atoms with Crippen LogP contribution >= 0.6 is 0 Å². The highest BCUT2D eigenvalue weighted by Crippen LogP contribution is 2.19. The molecular formula is C12H25NO3. The molecule has 0 aliphatic heterocycles. The average Bonchev–Trinajstić information content (AvgIpc) is 2.34. The zero-order valence-electron chi connectivity index (χ0n) is 10.2. The van der Waals surface area contributed by atoms with Gasteiger partial charge in [-0.2, -0.15) is 0 Å². The molecule has 1 fully saturated rings. The molecule has 0 amide bonds. The van der Waals surface area contributed by atoms with E-state index in [1.165, 1.54) is 32.1 Å². The highest BCUT2D eigenvalue weighted by Gasteiger charge is 2.12. The third kappa shape index (κ3) is 7.17. The van der Waals surface area contributed by atoms with E-state index in [-0.39, 0.29) is 0 Å². The van der Waals surface area contributed by atoms with Crippen LogP contribution in [0.4, 0.5) is 0 Å². The first-order chi connectivity index (χ1) is 7.93. The lowest BCUT2D eigenvalue weighted by Gasteiger charge is -2.21. The van der Waals surface area contributed by atoms with Crippen molar-refractivity contribution in [1.29, 1.82) is 0 Å². The lowest BCUT2D eigenvalue weighted by molar-refractivity contribution is -0.0213. The normalized spacial score (nSPS) is 17.8. The monoisotopic (exact) mass is 231 g/mol. The summed E-state index contributed by atoms with van der Waals surface area (Å²) in [5, 5.41) is 0. The van der Waals surface area contributed by atoms with E-state index in [1.807, 2.05) is 0 Å². The Morgan fingerprint density at radius 1 is 0.812 bits per heavy atom. The summed E-state index contributed by atoms with van der Waals surface area (Å²) < 4.78 is 16.3. The van der Waals surface area contributed by atoms with Gasteiger partial charge in [0.05, 0.1) is 39.1 Å². The van der Waals surface area contributed by atoms with Crippen molar-refractivity contribution in [3.05, 3.63) is 0 Å². The Morgan fingerprint density at radius 2 is 1.44 bits per heavy atom. The summed E-state index contributed by atoms with van der Waals surface area (Å²) in [7, 11) is 0. The number of nitrogens with two attached hydrogens (primary N) is 1. The van der Waals surface area contributed by atoms with E-state index >= 15 is 0 Å². The van der Waals surface area contributed by atoms with Crippen molar-refractivity contribution < 1.29 is 14.2 Å². The summed E-state index contributed by atoms with van der Waals surface area (Å²) in [4.78, 5) is 0. The molecule has 2 N–H and O–H groups in total. The summed E-state index contributed by atoms with van der Waals surface area (Å²) in [5.74, 6) is 0. The van der Waals surface area contributed by atoms with E-state index in [0.29, 0.717) is 45.7 Å². The number of ether oxygens (including phenoxy) is 3. The zero-order valence-corrected chi connectivity index (χ0v) is 10.2. The van der Waals surface area contributed by atoms with Crippen molar-refractivity contribution in [2.24, 2.45) is 5.73 Å². The van der Waals surface area contributed by atoms with Crippen molar-refractivity contribution >= 4 is 0 Å². The standard InChI is InChI=1S/C12H25NO3/c13-6-7-14-8-9-15-10-11-16-12-4-2-1-3-5-12/h12H,1-11,13H2. The predicted molar refractivity (Wildman–Crippen MR) is 63.5 cm³/mol. The molecule has 0 aromatic carbocycles. The van der Waals surface area contributed by atoms with Gasteiger partial charge in [-0.05, 0) is 12.8 Å². The topological polar surface area (TPSA) is 53.7 Å². The maximum Gasteiger partial charge on any atom is 0.0704 e. The van der Waals surface area contributed by atoms with Crippen LogP contribution in [0.25, 0.3) is 0 Å². The van der Waals surface area contributed by atoms with Gasteiger partial charge in [0.1, 0.15) is 0 Å². The molecule has 1 saturated carbocycles. The lowest BCUT2D eigenvalue weighted by Crippen LogP contribution is -2.20. The average molecular weight is 231 g/mol. The van der Waals surface area contributed by atoms with Crippen LogP contribution in [0.1, 0.15) is 32.1 Å². The molecule has 1 aliphatic carbocycles. The Hall–Kier alpha value is -0.160. The minimum Gasteiger partial charge on any atom is -0.378 e. The SMILES string of the molecule is NCCOCCOCCOC1CCCCC1. The minimum absolute atomic E-state index is 0.478. The van der Waals surface area contributed by atoms with Gasteiger partial charge in [0.2, 0.25) is 0 Å². The molecule has 0 atom stereocenters. The van der Waals surface area contributed by atoms with E-state index < -0.39 is 0 Å². The summed E-state index contributed by atoms with van der Waals surface area (Å²) >= 11 is 0. The molecule has 0 unspecified atom stereocenters. The van der Waals surface area contributed by atoms with Crippen molar-refractivity contribution in [2.75, 3.05) is 39.6 Å². The number of hydrogen-bond donors (Lipinski definition) is 1. The van der Waals surface area contributed by atoms with Gasteiger partial charge in [-0.3, -0.25) is 0 Å². The first-order valence-electron chi connectivity index (χ1n) is 6.40. The third-order valence-corrected chi connectivity index (χ3v) is 2.77. The van der Waals surface area contributed by atoms with Crippen LogP contribution < -0.4 is 5.73 Å². The van der Waals surface area contributed by atoms with Gasteiger partial charge in [-0.15, -0.1) is 0 Å². The first kappa shape index (κ1) is 13.9. The maximum atomic E-state index is 5.72. The Kier molecular flexibility index (Phi) is 8.71. The van der Waals surface area contributed by atoms with Crippen molar-refractivity contribution in [1.82, 2.24) is 0 Å². The van der Waals surface area contributed by atoms with Gasteiger partial charge in [0, 0.05) is 6.54 Å². The van der Waals surface area contributed by atoms with Crippen molar-refractivity contribution in [3.63, 3.8) is 0 Å². The fourth-order valence-corrected chi connectivity index (χ4v) is 1.91. The third-order valence-electron chi connectivity index (χ3n) is 2.77. The molecule has 1 aliphatic rings. The molecule has 0 saturated heterocycles. The molecule has 96 valence electrons. The van der Waals surface area contributed by atoms with Crippen molar-refractivity contribution in [2.45, 2.75) is 38.2 Å². The van der Waals surface area contributed by atoms with Crippen LogP contribution in [0.15, 0.2) is 0 Å². The van der Waals surface area contributed by atoms with E-state index in [1.54, 1.807) is 0 Å². The van der Waals surface area contributed by atoms with Crippen LogP contribution in [-0.2, 0) is 14.2 Å². The van der Waals surface area contributed by atoms with Gasteiger partial charge in [0.15, 0.2) is 0 Å². The summed E-state index contributed by atoms with van der Waals surface area (Å²) in [5.41, 5.74) is 5.29. The maximum absolute atomic E-state index is 5.72. The largest absolute Gasteiger partial charge is 0.378 e. The van der Waals surface area contributed by atoms with E-state index in [9.17, 15) is 0 Å². The van der Waals surface area contributed by atoms with Crippen LogP contribution in [0.2, 0.25) is 0 Å². The molecule has 0 aromatic heterocycles. The number of rotatable bonds is 9. The second-order valence-corrected chi connectivity index (χ2v) is 4.14. The second-order valence-electron chi connectivity index (χ2n) is 4.14. The van der Waals surface area contributed by atoms with Gasteiger partial charge < -0.3 is 19.9 Å². The van der Waals surface area contributed by atoms with Crippen LogP contribution in [0, 0.1) is 0 Å². The Bertz CT molecular complexity index is 149. The summed E-state index contributed by atoms with van der Waals surface area (Å²) in [6.45, 7) is 3.82. The van der Waals surface area contributed by atoms with Gasteiger partial charge >= 0.3 is 0 Å². The fraction of sp³-hybridized carbons (Fsp3) is 1.00. The highest BCUT2D eigenvalue weighted by molar-refractivity contribution is 4.64. The Balaban J connectivity index is 1.77. The molecule has 0 bridgehead atoms. The number of hydrogen-bond acceptors (Lipinski definition) is 4. The predicted octanol–water partition coefficient (Wildman–Crippen LogP) is 1.33. The molecule has 4 nitrogen and oxygen atoms in total. The highest BCUT2D eigenvalue weighted by atomic mass is 16.5. The van der Waals surface area contributed by atoms with Crippen LogP contribution in [0.3, 0.4) is 0 Å². The first-order valence-corrected chi connectivity index (χ1v) is 6.40. The van der Waals surface area contributed by atoms with Gasteiger partial charge in [0.25, 0.3) is 0 Å². The molecule has 0 radical (unpaired) electrons. The molecule has 1 rings (SSSR count). The lowest BCUT2D eigenvalue weighted by atomic mass is 9.98. The van der Waals surface area contributed by atoms with E-state index in [4.69, 9.17) is 19.9 Å². The summed E-state index contributed by atoms with van der Waals surface area (Å²) in [6, 6.07) is 0. The molecule has 4 heteroatoms. The zero-order chi connectivity index (χ0) is 11.5. The Morgan fingerprint density at radius 3 is 2.12 bits per heavy atom. The van der Waals surface area contributed by atoms with Crippen molar-refractivity contribution in [3.8, 4) is 0 Å². The van der Waals surface area contributed by atoms with E-state index in [2.05, 4.69) is 0 Å². The quantitative estimate of drug-likeness (QED) is 0.608. The summed E-state index contributed by atoms with van der Waals surface area (Å²) in [6.07, 6.45) is 6.93. The minimum atomic E-state index is 0.478. The fourth-order valence-electron chi connectivity index (χ4n) is 1.91. The van der Waals surface area contributed by atoms with Gasteiger partial charge in [-0.25, -0.2) is 0 Å². The molecule has 16 heavy (non-hydrogen) atoms. The van der Waals surface area contributed by atoms with Gasteiger partial charge in [-0.1, -0.05) is 19.3 Å². The molecule has 0 spiro atoms. The second kappa shape index (κ2) is 10.0. The van der Waals surface area contributed by atoms with E-state index in [0.717, 1.165) is 0 Å². The van der Waals surface area contributed by atoms with Crippen LogP contribution in [0.5, 0.6) is 0 Å². The molecule has 0 aromatic rings. The molecular weight excluding hydrogens is 206 g/mol. The smallest absolute Gasteiger partial charge is 0.0704 e. The molecule has 0 heterocycles.